The minimum Gasteiger partial charge on any atom is -0.394 e. The number of hydrogen-bond acceptors (Lipinski definition) is 5. The number of hydrogen-bond donors (Lipinski definition) is 2. The van der Waals surface area contributed by atoms with Crippen LogP contribution in [0.25, 0.3) is 0 Å². The Bertz CT molecular complexity index is 679. The summed E-state index contributed by atoms with van der Waals surface area (Å²) >= 11 is 0. The number of aromatic nitrogens is 2. The van der Waals surface area contributed by atoms with Gasteiger partial charge in [-0.15, -0.1) is 5.10 Å². The van der Waals surface area contributed by atoms with Gasteiger partial charge in [-0.1, -0.05) is 30.3 Å². The van der Waals surface area contributed by atoms with Crippen molar-refractivity contribution in [1.29, 1.82) is 5.26 Å². The highest BCUT2D eigenvalue weighted by molar-refractivity contribution is 5.57. The van der Waals surface area contributed by atoms with E-state index in [0.29, 0.717) is 11.4 Å². The molecule has 1 unspecified atom stereocenters. The van der Waals surface area contributed by atoms with Crippen LogP contribution in [0.15, 0.2) is 30.3 Å². The second kappa shape index (κ2) is 5.90. The van der Waals surface area contributed by atoms with Crippen LogP contribution in [0.4, 0.5) is 5.82 Å². The zero-order chi connectivity index (χ0) is 15.5. The number of aryl methyl sites for hydroxylation is 1. The Morgan fingerprint density at radius 3 is 2.48 bits per heavy atom. The molecule has 1 aromatic heterocycles. The van der Waals surface area contributed by atoms with Crippen molar-refractivity contribution in [3.8, 4) is 6.07 Å². The van der Waals surface area contributed by atoms with Crippen molar-refractivity contribution in [3.63, 3.8) is 0 Å². The number of nitriles is 1. The maximum Gasteiger partial charge on any atom is 0.167 e. The fourth-order valence-corrected chi connectivity index (χ4v) is 2.10. The minimum absolute atomic E-state index is 0.128. The third kappa shape index (κ3) is 2.86. The Hall–Kier alpha value is -2.45. The fraction of sp³-hybridized carbons (Fsp3) is 0.312. The normalized spacial score (nSPS) is 13.3. The van der Waals surface area contributed by atoms with E-state index in [1.807, 2.05) is 51.1 Å². The van der Waals surface area contributed by atoms with Gasteiger partial charge in [-0.2, -0.15) is 10.4 Å². The van der Waals surface area contributed by atoms with Crippen LogP contribution in [0.5, 0.6) is 0 Å². The van der Waals surface area contributed by atoms with Crippen LogP contribution in [0.3, 0.4) is 0 Å². The summed E-state index contributed by atoms with van der Waals surface area (Å²) < 4.78 is 0. The molecule has 0 aliphatic rings. The van der Waals surface area contributed by atoms with Gasteiger partial charge < -0.3 is 10.4 Å². The van der Waals surface area contributed by atoms with Gasteiger partial charge in [0.2, 0.25) is 0 Å². The van der Waals surface area contributed by atoms with Crippen molar-refractivity contribution in [2.45, 2.75) is 26.3 Å². The molecular formula is C16H18N4O. The molecule has 0 saturated carbocycles. The Labute approximate surface area is 124 Å². The highest BCUT2D eigenvalue weighted by Crippen LogP contribution is 2.27. The van der Waals surface area contributed by atoms with E-state index in [1.54, 1.807) is 0 Å². The van der Waals surface area contributed by atoms with Crippen LogP contribution in [0.1, 0.15) is 29.3 Å². The molecule has 1 aromatic carbocycles. The van der Waals surface area contributed by atoms with E-state index < -0.39 is 5.54 Å². The number of nitrogens with zero attached hydrogens (tertiary/aromatic N) is 3. The molecule has 0 amide bonds. The van der Waals surface area contributed by atoms with Gasteiger partial charge in [-0.3, -0.25) is 0 Å². The maximum atomic E-state index is 9.79. The summed E-state index contributed by atoms with van der Waals surface area (Å²) in [4.78, 5) is 0. The maximum absolute atomic E-state index is 9.79. The number of aliphatic hydroxyl groups is 1. The molecule has 0 bridgehead atoms. The molecule has 0 aliphatic carbocycles. The van der Waals surface area contributed by atoms with Gasteiger partial charge in [0.1, 0.15) is 11.6 Å². The van der Waals surface area contributed by atoms with E-state index in [0.717, 1.165) is 16.8 Å². The smallest absolute Gasteiger partial charge is 0.167 e. The molecule has 0 fully saturated rings. The summed E-state index contributed by atoms with van der Waals surface area (Å²) in [7, 11) is 0. The molecule has 5 heteroatoms. The molecule has 108 valence electrons. The topological polar surface area (TPSA) is 81.8 Å². The second-order valence-corrected chi connectivity index (χ2v) is 5.23. The van der Waals surface area contributed by atoms with E-state index in [-0.39, 0.29) is 6.61 Å². The molecule has 2 rings (SSSR count). The van der Waals surface area contributed by atoms with Crippen LogP contribution >= 0.6 is 0 Å². The van der Waals surface area contributed by atoms with Crippen LogP contribution in [0, 0.1) is 25.2 Å². The van der Waals surface area contributed by atoms with Gasteiger partial charge in [0.25, 0.3) is 0 Å². The van der Waals surface area contributed by atoms with Gasteiger partial charge in [0.15, 0.2) is 5.82 Å². The van der Waals surface area contributed by atoms with Crippen LogP contribution in [-0.4, -0.2) is 21.9 Å². The molecule has 2 N–H and O–H groups in total. The van der Waals surface area contributed by atoms with Crippen molar-refractivity contribution >= 4 is 5.82 Å². The highest BCUT2D eigenvalue weighted by atomic mass is 16.3. The quantitative estimate of drug-likeness (QED) is 0.899. The van der Waals surface area contributed by atoms with Gasteiger partial charge >= 0.3 is 0 Å². The predicted octanol–water partition coefficient (Wildman–Crippen LogP) is 2.28. The molecule has 0 saturated heterocycles. The summed E-state index contributed by atoms with van der Waals surface area (Å²) in [5.74, 6) is 0.390. The van der Waals surface area contributed by atoms with Gasteiger partial charge in [0.05, 0.1) is 17.8 Å². The molecule has 2 aromatic rings. The zero-order valence-electron chi connectivity index (χ0n) is 12.4. The van der Waals surface area contributed by atoms with Crippen LogP contribution < -0.4 is 5.32 Å². The summed E-state index contributed by atoms with van der Waals surface area (Å²) in [6.45, 7) is 5.39. The molecule has 21 heavy (non-hydrogen) atoms. The van der Waals surface area contributed by atoms with Crippen LogP contribution in [-0.2, 0) is 5.54 Å². The SMILES string of the molecule is Cc1nnc(NC(C)(CO)c2ccccc2)c(C#N)c1C. The Morgan fingerprint density at radius 2 is 1.90 bits per heavy atom. The third-order valence-corrected chi connectivity index (χ3v) is 3.69. The Balaban J connectivity index is 2.45. The molecule has 1 heterocycles. The molecule has 0 aliphatic heterocycles. The average Bonchev–Trinajstić information content (AvgIpc) is 2.52. The number of rotatable bonds is 4. The number of nitrogens with one attached hydrogen (secondary N) is 1. The van der Waals surface area contributed by atoms with Crippen molar-refractivity contribution in [1.82, 2.24) is 10.2 Å². The van der Waals surface area contributed by atoms with E-state index in [4.69, 9.17) is 0 Å². The first kappa shape index (κ1) is 14.9. The third-order valence-electron chi connectivity index (χ3n) is 3.69. The van der Waals surface area contributed by atoms with Gasteiger partial charge in [-0.25, -0.2) is 0 Å². The largest absolute Gasteiger partial charge is 0.394 e. The lowest BCUT2D eigenvalue weighted by Crippen LogP contribution is -2.36. The minimum atomic E-state index is -0.733. The summed E-state index contributed by atoms with van der Waals surface area (Å²) in [5.41, 5.74) is 2.16. The van der Waals surface area contributed by atoms with Gasteiger partial charge in [-0.05, 0) is 31.9 Å². The standard InChI is InChI=1S/C16H18N4O/c1-11-12(2)19-20-15(14(11)9-17)18-16(3,10-21)13-7-5-4-6-8-13/h4-8,21H,10H2,1-3H3,(H,18,20). The lowest BCUT2D eigenvalue weighted by molar-refractivity contribution is 0.223. The molecule has 5 nitrogen and oxygen atoms in total. The average molecular weight is 282 g/mol. The fourth-order valence-electron chi connectivity index (χ4n) is 2.10. The van der Waals surface area contributed by atoms with E-state index in [2.05, 4.69) is 21.6 Å². The summed E-state index contributed by atoms with van der Waals surface area (Å²) in [5, 5.41) is 30.4. The Kier molecular flexibility index (Phi) is 4.20. The summed E-state index contributed by atoms with van der Waals surface area (Å²) in [6.07, 6.45) is 0. The number of benzene rings is 1. The summed E-state index contributed by atoms with van der Waals surface area (Å²) in [6, 6.07) is 11.7. The zero-order valence-corrected chi connectivity index (χ0v) is 12.4. The highest BCUT2D eigenvalue weighted by Gasteiger charge is 2.27. The lowest BCUT2D eigenvalue weighted by Gasteiger charge is -2.30. The van der Waals surface area contributed by atoms with Crippen molar-refractivity contribution in [3.05, 3.63) is 52.7 Å². The molecule has 0 radical (unpaired) electrons. The monoisotopic (exact) mass is 282 g/mol. The van der Waals surface area contributed by atoms with Gasteiger partial charge in [0, 0.05) is 0 Å². The molecular weight excluding hydrogens is 264 g/mol. The van der Waals surface area contributed by atoms with Crippen LogP contribution in [0.2, 0.25) is 0 Å². The van der Waals surface area contributed by atoms with Crippen molar-refractivity contribution in [2.75, 3.05) is 11.9 Å². The Morgan fingerprint density at radius 1 is 1.24 bits per heavy atom. The van der Waals surface area contributed by atoms with E-state index in [1.165, 1.54) is 0 Å². The van der Waals surface area contributed by atoms with E-state index in [9.17, 15) is 10.4 Å². The lowest BCUT2D eigenvalue weighted by atomic mass is 9.92. The first-order valence-corrected chi connectivity index (χ1v) is 6.70. The molecule has 1 atom stereocenters. The van der Waals surface area contributed by atoms with E-state index >= 15 is 0 Å². The molecule has 0 spiro atoms. The second-order valence-electron chi connectivity index (χ2n) is 5.23. The predicted molar refractivity (Wildman–Crippen MR) is 80.7 cm³/mol. The van der Waals surface area contributed by atoms with Crippen molar-refractivity contribution < 1.29 is 5.11 Å². The van der Waals surface area contributed by atoms with Crippen molar-refractivity contribution in [2.24, 2.45) is 0 Å². The number of aliphatic hydroxyl groups excluding tert-OH is 1. The first-order chi connectivity index (χ1) is 10.0. The first-order valence-electron chi connectivity index (χ1n) is 6.70. The number of anilines is 1.